The quantitative estimate of drug-likeness (QED) is 0.642. The van der Waals surface area contributed by atoms with Crippen LogP contribution in [0.4, 0.5) is 4.79 Å². The Bertz CT molecular complexity index is 337. The Kier molecular flexibility index (Phi) is 5.19. The molecule has 0 radical (unpaired) electrons. The maximum absolute atomic E-state index is 11.6. The standard InChI is InChI=1S/C13H23N3O2/c1-13(2,11(14)17)9-16-12(18)15-8-10-6-4-3-5-7-10/h3-4,10H,5-9H2,1-2H3,(H2,14,17)(H2,15,16,18)/t10-/m0/s1. The molecule has 0 aromatic carbocycles. The minimum Gasteiger partial charge on any atom is -0.369 e. The van der Waals surface area contributed by atoms with Crippen LogP contribution in [0.2, 0.25) is 0 Å². The summed E-state index contributed by atoms with van der Waals surface area (Å²) in [5.41, 5.74) is 4.51. The van der Waals surface area contributed by atoms with Crippen molar-refractivity contribution in [1.29, 1.82) is 0 Å². The van der Waals surface area contributed by atoms with Crippen LogP contribution in [0.3, 0.4) is 0 Å². The molecule has 0 heterocycles. The molecule has 0 fully saturated rings. The van der Waals surface area contributed by atoms with Crippen molar-refractivity contribution in [3.63, 3.8) is 0 Å². The number of amides is 3. The Balaban J connectivity index is 2.21. The lowest BCUT2D eigenvalue weighted by Gasteiger charge is -2.22. The zero-order valence-electron chi connectivity index (χ0n) is 11.2. The second kappa shape index (κ2) is 6.42. The number of nitrogens with one attached hydrogen (secondary N) is 2. The van der Waals surface area contributed by atoms with Gasteiger partial charge in [0, 0.05) is 13.1 Å². The van der Waals surface area contributed by atoms with E-state index in [1.165, 1.54) is 0 Å². The summed E-state index contributed by atoms with van der Waals surface area (Å²) in [6, 6.07) is -0.237. The fourth-order valence-electron chi connectivity index (χ4n) is 1.73. The smallest absolute Gasteiger partial charge is 0.314 e. The maximum atomic E-state index is 11.6. The van der Waals surface area contributed by atoms with Crippen LogP contribution in [0.25, 0.3) is 0 Å². The van der Waals surface area contributed by atoms with Gasteiger partial charge in [0.1, 0.15) is 0 Å². The third kappa shape index (κ3) is 4.77. The number of nitrogens with two attached hydrogens (primary N) is 1. The molecule has 1 atom stereocenters. The van der Waals surface area contributed by atoms with E-state index in [1.54, 1.807) is 13.8 Å². The molecule has 1 aliphatic carbocycles. The van der Waals surface area contributed by atoms with Crippen molar-refractivity contribution in [2.24, 2.45) is 17.1 Å². The van der Waals surface area contributed by atoms with E-state index in [0.717, 1.165) is 19.3 Å². The Labute approximate surface area is 108 Å². The van der Waals surface area contributed by atoms with Crippen LogP contribution in [0.5, 0.6) is 0 Å². The van der Waals surface area contributed by atoms with Gasteiger partial charge in [-0.1, -0.05) is 12.2 Å². The molecule has 5 nitrogen and oxygen atoms in total. The van der Waals surface area contributed by atoms with Gasteiger partial charge in [0.05, 0.1) is 5.41 Å². The van der Waals surface area contributed by atoms with Gasteiger partial charge in [-0.05, 0) is 39.0 Å². The van der Waals surface area contributed by atoms with Gasteiger partial charge in [0.25, 0.3) is 0 Å². The normalized spacial score (nSPS) is 19.3. The number of carbonyl (C=O) groups is 2. The summed E-state index contributed by atoms with van der Waals surface area (Å²) in [6.45, 7) is 4.34. The van der Waals surface area contributed by atoms with Crippen molar-refractivity contribution in [2.75, 3.05) is 13.1 Å². The summed E-state index contributed by atoms with van der Waals surface area (Å²) >= 11 is 0. The number of urea groups is 1. The van der Waals surface area contributed by atoms with Crippen molar-refractivity contribution >= 4 is 11.9 Å². The second-order valence-corrected chi connectivity index (χ2v) is 5.46. The lowest BCUT2D eigenvalue weighted by Crippen LogP contribution is -2.46. The van der Waals surface area contributed by atoms with E-state index in [2.05, 4.69) is 22.8 Å². The fraction of sp³-hybridized carbons (Fsp3) is 0.692. The number of primary amides is 1. The molecular formula is C13H23N3O2. The predicted molar refractivity (Wildman–Crippen MR) is 70.9 cm³/mol. The van der Waals surface area contributed by atoms with Crippen molar-refractivity contribution in [3.8, 4) is 0 Å². The summed E-state index contributed by atoms with van der Waals surface area (Å²) in [7, 11) is 0. The van der Waals surface area contributed by atoms with Crippen molar-refractivity contribution in [3.05, 3.63) is 12.2 Å². The van der Waals surface area contributed by atoms with Crippen LogP contribution in [0.15, 0.2) is 12.2 Å². The average molecular weight is 253 g/mol. The van der Waals surface area contributed by atoms with Gasteiger partial charge in [-0.15, -0.1) is 0 Å². The van der Waals surface area contributed by atoms with E-state index < -0.39 is 11.3 Å². The van der Waals surface area contributed by atoms with E-state index in [9.17, 15) is 9.59 Å². The molecule has 0 saturated heterocycles. The Morgan fingerprint density at radius 1 is 1.33 bits per heavy atom. The van der Waals surface area contributed by atoms with E-state index in [1.807, 2.05) is 0 Å². The number of hydrogen-bond donors (Lipinski definition) is 3. The molecular weight excluding hydrogens is 230 g/mol. The average Bonchev–Trinajstić information content (AvgIpc) is 2.35. The van der Waals surface area contributed by atoms with Gasteiger partial charge in [-0.25, -0.2) is 4.79 Å². The zero-order valence-corrected chi connectivity index (χ0v) is 11.2. The van der Waals surface area contributed by atoms with E-state index in [-0.39, 0.29) is 12.6 Å². The molecule has 0 aromatic rings. The number of carbonyl (C=O) groups excluding carboxylic acids is 2. The molecule has 0 bridgehead atoms. The third-order valence-electron chi connectivity index (χ3n) is 3.29. The first kappa shape index (κ1) is 14.5. The van der Waals surface area contributed by atoms with Crippen LogP contribution in [0, 0.1) is 11.3 Å². The number of allylic oxidation sites excluding steroid dienone is 2. The van der Waals surface area contributed by atoms with Gasteiger partial charge in [0.2, 0.25) is 5.91 Å². The summed E-state index contributed by atoms with van der Waals surface area (Å²) < 4.78 is 0. The topological polar surface area (TPSA) is 84.2 Å². The minimum atomic E-state index is -0.717. The molecule has 18 heavy (non-hydrogen) atoms. The minimum absolute atomic E-state index is 0.237. The highest BCUT2D eigenvalue weighted by molar-refractivity contribution is 5.81. The van der Waals surface area contributed by atoms with Crippen LogP contribution >= 0.6 is 0 Å². The summed E-state index contributed by atoms with van der Waals surface area (Å²) in [6.07, 6.45) is 7.55. The maximum Gasteiger partial charge on any atom is 0.314 e. The summed E-state index contributed by atoms with van der Waals surface area (Å²) in [5.74, 6) is 0.102. The molecule has 0 saturated carbocycles. The van der Waals surface area contributed by atoms with Gasteiger partial charge in [-0.3, -0.25) is 4.79 Å². The predicted octanol–water partition coefficient (Wildman–Crippen LogP) is 1.15. The lowest BCUT2D eigenvalue weighted by atomic mass is 9.93. The zero-order chi connectivity index (χ0) is 13.6. The van der Waals surface area contributed by atoms with Crippen molar-refractivity contribution in [1.82, 2.24) is 10.6 Å². The molecule has 4 N–H and O–H groups in total. The van der Waals surface area contributed by atoms with Gasteiger partial charge < -0.3 is 16.4 Å². The van der Waals surface area contributed by atoms with Gasteiger partial charge in [-0.2, -0.15) is 0 Å². The second-order valence-electron chi connectivity index (χ2n) is 5.46. The van der Waals surface area contributed by atoms with Crippen LogP contribution in [0.1, 0.15) is 33.1 Å². The monoisotopic (exact) mass is 253 g/mol. The van der Waals surface area contributed by atoms with E-state index in [0.29, 0.717) is 12.5 Å². The Hall–Kier alpha value is -1.52. The largest absolute Gasteiger partial charge is 0.369 e. The highest BCUT2D eigenvalue weighted by atomic mass is 16.2. The Morgan fingerprint density at radius 3 is 2.61 bits per heavy atom. The molecule has 0 aliphatic heterocycles. The van der Waals surface area contributed by atoms with Gasteiger partial charge in [0.15, 0.2) is 0 Å². The molecule has 0 aromatic heterocycles. The molecule has 1 aliphatic rings. The molecule has 0 spiro atoms. The van der Waals surface area contributed by atoms with Crippen molar-refractivity contribution < 1.29 is 9.59 Å². The molecule has 5 heteroatoms. The number of hydrogen-bond acceptors (Lipinski definition) is 2. The van der Waals surface area contributed by atoms with Crippen LogP contribution in [-0.4, -0.2) is 25.0 Å². The highest BCUT2D eigenvalue weighted by Crippen LogP contribution is 2.16. The Morgan fingerprint density at radius 2 is 2.06 bits per heavy atom. The highest BCUT2D eigenvalue weighted by Gasteiger charge is 2.25. The molecule has 1 rings (SSSR count). The van der Waals surface area contributed by atoms with Gasteiger partial charge >= 0.3 is 6.03 Å². The van der Waals surface area contributed by atoms with E-state index >= 15 is 0 Å². The molecule has 3 amide bonds. The molecule has 0 unspecified atom stereocenters. The lowest BCUT2D eigenvalue weighted by molar-refractivity contribution is -0.125. The first-order chi connectivity index (χ1) is 8.42. The molecule has 102 valence electrons. The van der Waals surface area contributed by atoms with Crippen LogP contribution < -0.4 is 16.4 Å². The SMILES string of the molecule is CC(C)(CNC(=O)NC[C@H]1CC=CCC1)C(N)=O. The van der Waals surface area contributed by atoms with Crippen LogP contribution in [-0.2, 0) is 4.79 Å². The first-order valence-corrected chi connectivity index (χ1v) is 6.38. The fourth-order valence-corrected chi connectivity index (χ4v) is 1.73. The summed E-state index contributed by atoms with van der Waals surface area (Å²) in [4.78, 5) is 22.6. The first-order valence-electron chi connectivity index (χ1n) is 6.38. The third-order valence-corrected chi connectivity index (χ3v) is 3.29. The van der Waals surface area contributed by atoms with E-state index in [4.69, 9.17) is 5.73 Å². The number of rotatable bonds is 5. The summed E-state index contributed by atoms with van der Waals surface area (Å²) in [5, 5.41) is 5.50. The van der Waals surface area contributed by atoms with Crippen molar-refractivity contribution in [2.45, 2.75) is 33.1 Å².